The lowest BCUT2D eigenvalue weighted by Gasteiger charge is -2.18. The number of hydrogen-bond donors (Lipinski definition) is 2. The average Bonchev–Trinajstić information content (AvgIpc) is 3.08. The van der Waals surface area contributed by atoms with E-state index in [-0.39, 0.29) is 35.9 Å². The number of aliphatic imine (C=N–C) groups is 1. The largest absolute Gasteiger partial charge is 0.375 e. The van der Waals surface area contributed by atoms with Crippen molar-refractivity contribution in [3.8, 4) is 0 Å². The van der Waals surface area contributed by atoms with Crippen LogP contribution in [0.3, 0.4) is 0 Å². The number of thiazole rings is 1. The summed E-state index contributed by atoms with van der Waals surface area (Å²) >= 11 is 1.64. The molecule has 26 heavy (non-hydrogen) atoms. The van der Waals surface area contributed by atoms with E-state index in [2.05, 4.69) is 39.8 Å². The van der Waals surface area contributed by atoms with Crippen LogP contribution in [0.15, 0.2) is 34.6 Å². The second-order valence-electron chi connectivity index (χ2n) is 5.90. The fraction of sp³-hybridized carbons (Fsp3) is 0.444. The molecule has 1 aromatic heterocycles. The molecule has 144 valence electrons. The smallest absolute Gasteiger partial charge is 0.191 e. The highest BCUT2D eigenvalue weighted by molar-refractivity contribution is 14.0. The molecule has 1 aromatic carbocycles. The predicted octanol–water partition coefficient (Wildman–Crippen LogP) is 4.08. The maximum atomic E-state index is 13.0. The summed E-state index contributed by atoms with van der Waals surface area (Å²) < 4.78 is 18.5. The van der Waals surface area contributed by atoms with E-state index >= 15 is 0 Å². The Morgan fingerprint density at radius 2 is 1.96 bits per heavy atom. The number of halogens is 2. The van der Waals surface area contributed by atoms with Gasteiger partial charge in [0.2, 0.25) is 0 Å². The fourth-order valence-electron chi connectivity index (χ4n) is 2.26. The van der Waals surface area contributed by atoms with Crippen molar-refractivity contribution in [3.05, 3.63) is 51.7 Å². The van der Waals surface area contributed by atoms with Gasteiger partial charge in [0.05, 0.1) is 18.3 Å². The minimum absolute atomic E-state index is 0. The van der Waals surface area contributed by atoms with E-state index < -0.39 is 0 Å². The van der Waals surface area contributed by atoms with E-state index in [9.17, 15) is 4.39 Å². The molecule has 0 saturated heterocycles. The second-order valence-corrected chi connectivity index (χ2v) is 6.85. The SMILES string of the molecule is CN=C(NCc1nc(C(C)C)cs1)NCC(OC)c1ccc(F)cc1.I. The van der Waals surface area contributed by atoms with E-state index in [4.69, 9.17) is 4.74 Å². The molecule has 2 N–H and O–H groups in total. The zero-order valence-corrected chi connectivity index (χ0v) is 18.6. The fourth-order valence-corrected chi connectivity index (χ4v) is 3.15. The molecule has 2 rings (SSSR count). The van der Waals surface area contributed by atoms with Gasteiger partial charge in [-0.3, -0.25) is 4.99 Å². The van der Waals surface area contributed by atoms with Gasteiger partial charge in [-0.1, -0.05) is 26.0 Å². The summed E-state index contributed by atoms with van der Waals surface area (Å²) in [4.78, 5) is 8.81. The molecule has 0 fully saturated rings. The van der Waals surface area contributed by atoms with Crippen LogP contribution in [-0.4, -0.2) is 31.6 Å². The van der Waals surface area contributed by atoms with E-state index in [1.807, 2.05) is 0 Å². The zero-order valence-electron chi connectivity index (χ0n) is 15.5. The number of nitrogens with one attached hydrogen (secondary N) is 2. The lowest BCUT2D eigenvalue weighted by Crippen LogP contribution is -2.39. The molecule has 1 unspecified atom stereocenters. The Kier molecular flexibility index (Phi) is 10.0. The highest BCUT2D eigenvalue weighted by atomic mass is 127. The minimum Gasteiger partial charge on any atom is -0.375 e. The molecular formula is C18H26FIN4OS. The summed E-state index contributed by atoms with van der Waals surface area (Å²) in [5, 5.41) is 9.59. The minimum atomic E-state index is -0.256. The predicted molar refractivity (Wildman–Crippen MR) is 116 cm³/mol. The summed E-state index contributed by atoms with van der Waals surface area (Å²) in [6.45, 7) is 5.41. The maximum Gasteiger partial charge on any atom is 0.191 e. The number of benzene rings is 1. The molecule has 1 atom stereocenters. The summed E-state index contributed by atoms with van der Waals surface area (Å²) in [5.74, 6) is 0.847. The summed E-state index contributed by atoms with van der Waals surface area (Å²) in [6.07, 6.45) is -0.188. The Hall–Kier alpha value is -1.26. The number of hydrogen-bond acceptors (Lipinski definition) is 4. The van der Waals surface area contributed by atoms with Gasteiger partial charge in [0.1, 0.15) is 10.8 Å². The molecule has 0 radical (unpaired) electrons. The van der Waals surface area contributed by atoms with Gasteiger partial charge in [0.25, 0.3) is 0 Å². The Morgan fingerprint density at radius 3 is 2.50 bits per heavy atom. The molecule has 8 heteroatoms. The Labute approximate surface area is 175 Å². The lowest BCUT2D eigenvalue weighted by atomic mass is 10.1. The van der Waals surface area contributed by atoms with Crippen LogP contribution in [-0.2, 0) is 11.3 Å². The summed E-state index contributed by atoms with van der Waals surface area (Å²) in [7, 11) is 3.35. The molecule has 2 aromatic rings. The number of aromatic nitrogens is 1. The van der Waals surface area contributed by atoms with E-state index in [0.29, 0.717) is 25.0 Å². The van der Waals surface area contributed by atoms with Crippen LogP contribution in [0.1, 0.15) is 42.1 Å². The van der Waals surface area contributed by atoms with Gasteiger partial charge in [-0.15, -0.1) is 35.3 Å². The Bertz CT molecular complexity index is 691. The number of methoxy groups -OCH3 is 1. The van der Waals surface area contributed by atoms with Gasteiger partial charge in [0.15, 0.2) is 5.96 Å². The molecule has 0 aliphatic heterocycles. The van der Waals surface area contributed by atoms with Crippen molar-refractivity contribution >= 4 is 41.3 Å². The van der Waals surface area contributed by atoms with Crippen LogP contribution in [0.5, 0.6) is 0 Å². The van der Waals surface area contributed by atoms with Crippen molar-refractivity contribution < 1.29 is 9.13 Å². The van der Waals surface area contributed by atoms with Crippen LogP contribution >= 0.6 is 35.3 Å². The van der Waals surface area contributed by atoms with E-state index in [1.165, 1.54) is 12.1 Å². The van der Waals surface area contributed by atoms with Gasteiger partial charge < -0.3 is 15.4 Å². The van der Waals surface area contributed by atoms with Crippen molar-refractivity contribution in [1.29, 1.82) is 0 Å². The summed E-state index contributed by atoms with van der Waals surface area (Å²) in [5.41, 5.74) is 2.02. The quantitative estimate of drug-likeness (QED) is 0.348. The number of nitrogens with zero attached hydrogens (tertiary/aromatic N) is 2. The van der Waals surface area contributed by atoms with Crippen LogP contribution in [0.4, 0.5) is 4.39 Å². The average molecular weight is 492 g/mol. The topological polar surface area (TPSA) is 58.5 Å². The third kappa shape index (κ3) is 6.81. The Morgan fingerprint density at radius 1 is 1.27 bits per heavy atom. The highest BCUT2D eigenvalue weighted by Gasteiger charge is 2.12. The van der Waals surface area contributed by atoms with Gasteiger partial charge in [-0.2, -0.15) is 0 Å². The first kappa shape index (κ1) is 22.8. The lowest BCUT2D eigenvalue weighted by molar-refractivity contribution is 0.106. The molecule has 0 aliphatic rings. The second kappa shape index (κ2) is 11.5. The van der Waals surface area contributed by atoms with Gasteiger partial charge in [0, 0.05) is 26.1 Å². The maximum absolute atomic E-state index is 13.0. The normalized spacial score (nSPS) is 12.6. The summed E-state index contributed by atoms with van der Waals surface area (Å²) in [6, 6.07) is 6.32. The first-order valence-electron chi connectivity index (χ1n) is 8.20. The van der Waals surface area contributed by atoms with Crippen molar-refractivity contribution in [1.82, 2.24) is 15.6 Å². The highest BCUT2D eigenvalue weighted by Crippen LogP contribution is 2.18. The molecule has 1 heterocycles. The monoisotopic (exact) mass is 492 g/mol. The van der Waals surface area contributed by atoms with Crippen molar-refractivity contribution in [2.24, 2.45) is 4.99 Å². The molecule has 0 bridgehead atoms. The first-order chi connectivity index (χ1) is 12.0. The molecule has 5 nitrogen and oxygen atoms in total. The van der Waals surface area contributed by atoms with Gasteiger partial charge in [-0.05, 0) is 23.6 Å². The van der Waals surface area contributed by atoms with Crippen LogP contribution in [0.2, 0.25) is 0 Å². The third-order valence-electron chi connectivity index (χ3n) is 3.77. The molecule has 0 amide bonds. The van der Waals surface area contributed by atoms with Crippen LogP contribution < -0.4 is 10.6 Å². The standard InChI is InChI=1S/C18H25FN4OS.HI/c1-12(2)15-11-25-17(23-15)10-22-18(20-3)21-9-16(24-4)13-5-7-14(19)8-6-13;/h5-8,11-12,16H,9-10H2,1-4H3,(H2,20,21,22);1H. The van der Waals surface area contributed by atoms with Gasteiger partial charge >= 0.3 is 0 Å². The van der Waals surface area contributed by atoms with Gasteiger partial charge in [-0.25, -0.2) is 9.37 Å². The third-order valence-corrected chi connectivity index (χ3v) is 4.64. The van der Waals surface area contributed by atoms with E-state index in [1.54, 1.807) is 37.6 Å². The molecule has 0 aliphatic carbocycles. The van der Waals surface area contributed by atoms with Crippen molar-refractivity contribution in [2.75, 3.05) is 20.7 Å². The first-order valence-corrected chi connectivity index (χ1v) is 9.08. The molecule has 0 saturated carbocycles. The Balaban J connectivity index is 0.00000338. The van der Waals surface area contributed by atoms with Crippen LogP contribution in [0.25, 0.3) is 0 Å². The van der Waals surface area contributed by atoms with Crippen molar-refractivity contribution in [2.45, 2.75) is 32.4 Å². The van der Waals surface area contributed by atoms with Crippen molar-refractivity contribution in [3.63, 3.8) is 0 Å². The number of guanidine groups is 1. The van der Waals surface area contributed by atoms with Crippen LogP contribution in [0, 0.1) is 5.82 Å². The number of ether oxygens (including phenoxy) is 1. The molecular weight excluding hydrogens is 466 g/mol. The number of rotatable bonds is 7. The molecule has 0 spiro atoms. The zero-order chi connectivity index (χ0) is 18.2. The van der Waals surface area contributed by atoms with E-state index in [0.717, 1.165) is 16.3 Å².